The highest BCUT2D eigenvalue weighted by Gasteiger charge is 2.14. The van der Waals surface area contributed by atoms with Gasteiger partial charge in [0.15, 0.2) is 17.5 Å². The molecule has 0 atom stereocenters. The second-order valence-electron chi connectivity index (χ2n) is 7.21. The lowest BCUT2D eigenvalue weighted by Crippen LogP contribution is -2.01. The molecular weight excluding hydrogens is 380 g/mol. The molecule has 0 radical (unpaired) electrons. The molecule has 148 valence electrons. The maximum atomic E-state index is 6.23. The van der Waals surface area contributed by atoms with Crippen LogP contribution in [0.4, 0.5) is 5.69 Å². The van der Waals surface area contributed by atoms with Crippen LogP contribution >= 0.6 is 0 Å². The van der Waals surface area contributed by atoms with Crippen molar-refractivity contribution in [2.45, 2.75) is 0 Å². The van der Waals surface area contributed by atoms with Gasteiger partial charge < -0.3 is 5.73 Å². The van der Waals surface area contributed by atoms with Gasteiger partial charge in [0.25, 0.3) is 0 Å². The zero-order valence-electron chi connectivity index (χ0n) is 16.8. The van der Waals surface area contributed by atoms with E-state index in [1.54, 1.807) is 0 Å². The topological polar surface area (TPSA) is 64.7 Å². The predicted molar refractivity (Wildman–Crippen MR) is 126 cm³/mol. The Morgan fingerprint density at radius 3 is 1.65 bits per heavy atom. The van der Waals surface area contributed by atoms with E-state index in [0.717, 1.165) is 27.8 Å². The number of hydrogen-bond acceptors (Lipinski definition) is 4. The Labute approximate surface area is 181 Å². The highest BCUT2D eigenvalue weighted by Crippen LogP contribution is 2.29. The van der Waals surface area contributed by atoms with Crippen LogP contribution in [0, 0.1) is 0 Å². The molecule has 4 aromatic carbocycles. The van der Waals surface area contributed by atoms with Gasteiger partial charge in [0.2, 0.25) is 0 Å². The lowest BCUT2D eigenvalue weighted by Gasteiger charge is -2.10. The molecule has 0 aliphatic carbocycles. The fraction of sp³-hybridized carbons (Fsp3) is 0. The highest BCUT2D eigenvalue weighted by molar-refractivity contribution is 5.75. The van der Waals surface area contributed by atoms with Crippen LogP contribution in [-0.4, -0.2) is 15.0 Å². The van der Waals surface area contributed by atoms with Gasteiger partial charge in [-0.05, 0) is 29.3 Å². The number of para-hydroxylation sites is 1. The summed E-state index contributed by atoms with van der Waals surface area (Å²) >= 11 is 0. The minimum absolute atomic E-state index is 0.562. The van der Waals surface area contributed by atoms with E-state index in [9.17, 15) is 0 Å². The molecule has 0 saturated carbocycles. The van der Waals surface area contributed by atoms with Gasteiger partial charge in [-0.15, -0.1) is 0 Å². The summed E-state index contributed by atoms with van der Waals surface area (Å²) in [4.78, 5) is 14.3. The van der Waals surface area contributed by atoms with E-state index in [2.05, 4.69) is 24.3 Å². The van der Waals surface area contributed by atoms with Crippen molar-refractivity contribution in [1.29, 1.82) is 0 Å². The Hall–Kier alpha value is -4.31. The van der Waals surface area contributed by atoms with Gasteiger partial charge in [-0.1, -0.05) is 91.0 Å². The molecule has 0 aliphatic heterocycles. The van der Waals surface area contributed by atoms with Gasteiger partial charge >= 0.3 is 0 Å². The van der Waals surface area contributed by atoms with E-state index in [4.69, 9.17) is 20.7 Å². The summed E-state index contributed by atoms with van der Waals surface area (Å²) in [5.41, 5.74) is 11.8. The molecule has 1 aromatic heterocycles. The van der Waals surface area contributed by atoms with Crippen LogP contribution in [0.25, 0.3) is 45.3 Å². The molecule has 0 fully saturated rings. The smallest absolute Gasteiger partial charge is 0.166 e. The summed E-state index contributed by atoms with van der Waals surface area (Å²) in [6, 6.07) is 36.1. The minimum atomic E-state index is 0.562. The number of anilines is 1. The summed E-state index contributed by atoms with van der Waals surface area (Å²) in [5, 5.41) is 0. The number of nitrogens with zero attached hydrogens (tertiary/aromatic N) is 3. The number of aromatic nitrogens is 3. The van der Waals surface area contributed by atoms with Crippen LogP contribution in [0.1, 0.15) is 0 Å². The number of benzene rings is 4. The molecule has 1 heterocycles. The van der Waals surface area contributed by atoms with Crippen molar-refractivity contribution in [3.63, 3.8) is 0 Å². The fourth-order valence-electron chi connectivity index (χ4n) is 3.51. The Kier molecular flexibility index (Phi) is 4.95. The average molecular weight is 400 g/mol. The van der Waals surface area contributed by atoms with Crippen LogP contribution in [0.2, 0.25) is 0 Å². The van der Waals surface area contributed by atoms with Gasteiger partial charge in [-0.25, -0.2) is 15.0 Å². The summed E-state index contributed by atoms with van der Waals surface area (Å²) in [5.74, 6) is 1.80. The largest absolute Gasteiger partial charge is 0.398 e. The van der Waals surface area contributed by atoms with E-state index in [0.29, 0.717) is 23.2 Å². The third-order valence-electron chi connectivity index (χ3n) is 5.10. The summed E-state index contributed by atoms with van der Waals surface area (Å²) in [6.45, 7) is 0. The van der Waals surface area contributed by atoms with Crippen LogP contribution in [0.3, 0.4) is 0 Å². The first-order valence-corrected chi connectivity index (χ1v) is 10.1. The quantitative estimate of drug-likeness (QED) is 0.369. The first kappa shape index (κ1) is 18.7. The molecule has 0 saturated heterocycles. The third-order valence-corrected chi connectivity index (χ3v) is 5.10. The summed E-state index contributed by atoms with van der Waals surface area (Å²) in [6.07, 6.45) is 0. The fourth-order valence-corrected chi connectivity index (χ4v) is 3.51. The third kappa shape index (κ3) is 3.91. The van der Waals surface area contributed by atoms with Crippen molar-refractivity contribution in [3.8, 4) is 45.3 Å². The van der Waals surface area contributed by atoms with E-state index in [-0.39, 0.29) is 0 Å². The van der Waals surface area contributed by atoms with Gasteiger partial charge in [0.1, 0.15) is 0 Å². The van der Waals surface area contributed by atoms with Crippen LogP contribution < -0.4 is 5.73 Å². The van der Waals surface area contributed by atoms with E-state index >= 15 is 0 Å². The maximum Gasteiger partial charge on any atom is 0.166 e. The zero-order valence-corrected chi connectivity index (χ0v) is 16.8. The number of rotatable bonds is 4. The van der Waals surface area contributed by atoms with Crippen molar-refractivity contribution in [1.82, 2.24) is 15.0 Å². The average Bonchev–Trinajstić information content (AvgIpc) is 2.85. The first-order chi connectivity index (χ1) is 15.3. The molecular formula is C27H20N4. The van der Waals surface area contributed by atoms with Crippen molar-refractivity contribution in [2.75, 3.05) is 5.73 Å². The van der Waals surface area contributed by atoms with Crippen molar-refractivity contribution < 1.29 is 0 Å². The monoisotopic (exact) mass is 400 g/mol. The predicted octanol–water partition coefficient (Wildman–Crippen LogP) is 6.12. The molecule has 4 nitrogen and oxygen atoms in total. The van der Waals surface area contributed by atoms with Crippen LogP contribution in [0.15, 0.2) is 109 Å². The van der Waals surface area contributed by atoms with Crippen molar-refractivity contribution in [2.24, 2.45) is 0 Å². The molecule has 5 aromatic rings. The molecule has 2 N–H and O–H groups in total. The number of hydrogen-bond donors (Lipinski definition) is 1. The van der Waals surface area contributed by atoms with Gasteiger partial charge in [-0.3, -0.25) is 0 Å². The summed E-state index contributed by atoms with van der Waals surface area (Å²) < 4.78 is 0. The van der Waals surface area contributed by atoms with Gasteiger partial charge in [0.05, 0.1) is 0 Å². The normalized spacial score (nSPS) is 10.7. The van der Waals surface area contributed by atoms with Gasteiger partial charge in [0, 0.05) is 22.4 Å². The minimum Gasteiger partial charge on any atom is -0.398 e. The second-order valence-corrected chi connectivity index (χ2v) is 7.21. The Balaban J connectivity index is 1.69. The summed E-state index contributed by atoms with van der Waals surface area (Å²) in [7, 11) is 0. The lowest BCUT2D eigenvalue weighted by molar-refractivity contribution is 1.07. The second kappa shape index (κ2) is 8.20. The SMILES string of the molecule is Nc1ccccc1-c1nc(-c2ccccc2)nc(-c2cccc(-c3ccccc3)c2)n1. The molecule has 0 bridgehead atoms. The van der Waals surface area contributed by atoms with Crippen molar-refractivity contribution in [3.05, 3.63) is 109 Å². The van der Waals surface area contributed by atoms with E-state index < -0.39 is 0 Å². The number of nitrogen functional groups attached to an aromatic ring is 1. The number of nitrogens with two attached hydrogens (primary N) is 1. The zero-order chi connectivity index (χ0) is 21.0. The Morgan fingerprint density at radius 2 is 0.935 bits per heavy atom. The molecule has 0 aliphatic rings. The molecule has 0 amide bonds. The molecule has 5 rings (SSSR count). The molecule has 0 unspecified atom stereocenters. The highest BCUT2D eigenvalue weighted by atomic mass is 15.0. The maximum absolute atomic E-state index is 6.23. The van der Waals surface area contributed by atoms with Gasteiger partial charge in [-0.2, -0.15) is 0 Å². The first-order valence-electron chi connectivity index (χ1n) is 10.1. The lowest BCUT2D eigenvalue weighted by atomic mass is 10.0. The van der Waals surface area contributed by atoms with Crippen molar-refractivity contribution >= 4 is 5.69 Å². The molecule has 4 heteroatoms. The van der Waals surface area contributed by atoms with Crippen LogP contribution in [-0.2, 0) is 0 Å². The van der Waals surface area contributed by atoms with Crippen LogP contribution in [0.5, 0.6) is 0 Å². The molecule has 0 spiro atoms. The van der Waals surface area contributed by atoms with E-state index in [1.807, 2.05) is 84.9 Å². The Bertz CT molecular complexity index is 1330. The Morgan fingerprint density at radius 1 is 0.419 bits per heavy atom. The van der Waals surface area contributed by atoms with E-state index in [1.165, 1.54) is 0 Å². The standard InChI is InChI=1S/C27H20N4/c28-24-17-8-7-16-23(24)27-30-25(20-12-5-2-6-13-20)29-26(31-27)22-15-9-14-21(18-22)19-10-3-1-4-11-19/h1-18H,28H2. The molecule has 31 heavy (non-hydrogen) atoms.